The largest absolute Gasteiger partial charge is 0.472 e. The fraction of sp³-hybridized carbons (Fsp3) is 0.211. The molecule has 3 rings (SSSR count). The van der Waals surface area contributed by atoms with E-state index < -0.39 is 12.1 Å². The predicted molar refractivity (Wildman–Crippen MR) is 96.4 cm³/mol. The van der Waals surface area contributed by atoms with Crippen LogP contribution in [0, 0.1) is 11.8 Å². The maximum atomic E-state index is 12.4. The number of hydrogen-bond donors (Lipinski definition) is 0. The monoisotopic (exact) mass is 352 g/mol. The van der Waals surface area contributed by atoms with Crippen LogP contribution in [-0.2, 0) is 9.53 Å². The van der Waals surface area contributed by atoms with Crippen LogP contribution < -0.4 is 4.74 Å². The van der Waals surface area contributed by atoms with Crippen molar-refractivity contribution in [2.45, 2.75) is 20.0 Å². The molecule has 1 unspecified atom stereocenters. The number of thiazole rings is 1. The predicted octanol–water partition coefficient (Wildman–Crippen LogP) is 3.75. The second-order valence-corrected chi connectivity index (χ2v) is 5.96. The standard InChI is InChI=1S/C19H16N2O3S/c1-3-5-13-8-9-20-16(10-13)18(19(22)23-4-2)24-14-6-7-15-17(11-14)25-12-21-15/h6-12,18H,4H2,1-2H3. The van der Waals surface area contributed by atoms with E-state index in [1.54, 1.807) is 43.8 Å². The highest BCUT2D eigenvalue weighted by Gasteiger charge is 2.26. The third-order valence-electron chi connectivity index (χ3n) is 3.38. The van der Waals surface area contributed by atoms with E-state index >= 15 is 0 Å². The quantitative estimate of drug-likeness (QED) is 0.517. The average Bonchev–Trinajstić information content (AvgIpc) is 3.08. The molecule has 0 N–H and O–H groups in total. The zero-order valence-electron chi connectivity index (χ0n) is 13.9. The molecule has 5 nitrogen and oxygen atoms in total. The number of fused-ring (bicyclic) bond motifs is 1. The first kappa shape index (κ1) is 16.9. The zero-order valence-corrected chi connectivity index (χ0v) is 14.7. The van der Waals surface area contributed by atoms with Gasteiger partial charge in [-0.3, -0.25) is 4.98 Å². The lowest BCUT2D eigenvalue weighted by Gasteiger charge is -2.17. The van der Waals surface area contributed by atoms with Crippen molar-refractivity contribution >= 4 is 27.5 Å². The molecule has 0 bridgehead atoms. The van der Waals surface area contributed by atoms with Crippen LogP contribution in [0.25, 0.3) is 10.2 Å². The minimum atomic E-state index is -0.955. The summed E-state index contributed by atoms with van der Waals surface area (Å²) >= 11 is 1.51. The zero-order chi connectivity index (χ0) is 17.6. The molecule has 0 amide bonds. The van der Waals surface area contributed by atoms with Gasteiger partial charge >= 0.3 is 5.97 Å². The van der Waals surface area contributed by atoms with Crippen molar-refractivity contribution in [1.29, 1.82) is 0 Å². The number of hydrogen-bond acceptors (Lipinski definition) is 6. The molecule has 3 aromatic rings. The summed E-state index contributed by atoms with van der Waals surface area (Å²) in [5, 5.41) is 0. The summed E-state index contributed by atoms with van der Waals surface area (Å²) in [6.45, 7) is 3.77. The molecule has 0 aliphatic carbocycles. The highest BCUT2D eigenvalue weighted by molar-refractivity contribution is 7.16. The topological polar surface area (TPSA) is 61.3 Å². The second kappa shape index (κ2) is 7.77. The van der Waals surface area contributed by atoms with Crippen molar-refractivity contribution in [3.05, 3.63) is 53.3 Å². The van der Waals surface area contributed by atoms with Gasteiger partial charge < -0.3 is 9.47 Å². The van der Waals surface area contributed by atoms with Crippen molar-refractivity contribution in [2.75, 3.05) is 6.61 Å². The minimum Gasteiger partial charge on any atom is -0.472 e. The Morgan fingerprint density at radius 2 is 2.16 bits per heavy atom. The molecule has 0 fully saturated rings. The molecule has 25 heavy (non-hydrogen) atoms. The van der Waals surface area contributed by atoms with Crippen LogP contribution in [0.2, 0.25) is 0 Å². The van der Waals surface area contributed by atoms with Gasteiger partial charge in [-0.15, -0.1) is 17.3 Å². The number of nitrogens with zero attached hydrogens (tertiary/aromatic N) is 2. The Bertz CT molecular complexity index is 956. The number of esters is 1. The molecule has 0 aliphatic rings. The fourth-order valence-corrected chi connectivity index (χ4v) is 3.01. The lowest BCUT2D eigenvalue weighted by Crippen LogP contribution is -2.22. The molecule has 126 valence electrons. The number of pyridine rings is 1. The average molecular weight is 352 g/mol. The molecule has 0 saturated carbocycles. The van der Waals surface area contributed by atoms with E-state index in [2.05, 4.69) is 21.8 Å². The summed E-state index contributed by atoms with van der Waals surface area (Å²) in [5.74, 6) is 5.86. The second-order valence-electron chi connectivity index (χ2n) is 5.08. The molecule has 6 heteroatoms. The maximum absolute atomic E-state index is 12.4. The summed E-state index contributed by atoms with van der Waals surface area (Å²) < 4.78 is 12.1. The highest BCUT2D eigenvalue weighted by Crippen LogP contribution is 2.27. The minimum absolute atomic E-state index is 0.265. The van der Waals surface area contributed by atoms with E-state index in [9.17, 15) is 4.79 Å². The summed E-state index contributed by atoms with van der Waals surface area (Å²) in [4.78, 5) is 20.9. The first-order valence-electron chi connectivity index (χ1n) is 7.76. The molecule has 0 spiro atoms. The molecule has 2 aromatic heterocycles. The summed E-state index contributed by atoms with van der Waals surface area (Å²) in [7, 11) is 0. The van der Waals surface area contributed by atoms with E-state index in [-0.39, 0.29) is 6.61 Å². The van der Waals surface area contributed by atoms with Crippen LogP contribution in [-0.4, -0.2) is 22.5 Å². The van der Waals surface area contributed by atoms with Gasteiger partial charge in [-0.2, -0.15) is 0 Å². The summed E-state index contributed by atoms with van der Waals surface area (Å²) in [5.41, 5.74) is 3.89. The van der Waals surface area contributed by atoms with E-state index in [1.165, 1.54) is 11.3 Å². The van der Waals surface area contributed by atoms with E-state index in [0.29, 0.717) is 11.4 Å². The van der Waals surface area contributed by atoms with Gasteiger partial charge in [-0.25, -0.2) is 9.78 Å². The van der Waals surface area contributed by atoms with E-state index in [1.807, 2.05) is 12.1 Å². The molecule has 0 aliphatic heterocycles. The highest BCUT2D eigenvalue weighted by atomic mass is 32.1. The Balaban J connectivity index is 1.94. The third kappa shape index (κ3) is 3.95. The lowest BCUT2D eigenvalue weighted by molar-refractivity contribution is -0.152. The Kier molecular flexibility index (Phi) is 5.26. The van der Waals surface area contributed by atoms with Crippen LogP contribution in [0.1, 0.15) is 31.2 Å². The van der Waals surface area contributed by atoms with Crippen molar-refractivity contribution in [3.8, 4) is 17.6 Å². The van der Waals surface area contributed by atoms with Crippen LogP contribution in [0.15, 0.2) is 42.0 Å². The van der Waals surface area contributed by atoms with Crippen molar-refractivity contribution in [2.24, 2.45) is 0 Å². The van der Waals surface area contributed by atoms with Gasteiger partial charge in [0.15, 0.2) is 0 Å². The number of carbonyl (C=O) groups excluding carboxylic acids is 1. The molecule has 1 atom stereocenters. The molecular weight excluding hydrogens is 336 g/mol. The van der Waals surface area contributed by atoms with Gasteiger partial charge in [-0.05, 0) is 44.2 Å². The number of aromatic nitrogens is 2. The Morgan fingerprint density at radius 1 is 1.28 bits per heavy atom. The maximum Gasteiger partial charge on any atom is 0.353 e. The molecule has 1 aromatic carbocycles. The first-order valence-corrected chi connectivity index (χ1v) is 8.64. The normalized spacial score (nSPS) is 11.4. The SMILES string of the molecule is CC#Cc1ccnc(C(Oc2ccc3ncsc3c2)C(=O)OCC)c1. The van der Waals surface area contributed by atoms with Gasteiger partial charge in [0.1, 0.15) is 5.75 Å². The molecule has 0 radical (unpaired) electrons. The first-order chi connectivity index (χ1) is 12.2. The smallest absolute Gasteiger partial charge is 0.353 e. The Morgan fingerprint density at radius 3 is 2.96 bits per heavy atom. The van der Waals surface area contributed by atoms with Crippen LogP contribution in [0.3, 0.4) is 0 Å². The van der Waals surface area contributed by atoms with Crippen LogP contribution >= 0.6 is 11.3 Å². The van der Waals surface area contributed by atoms with Crippen molar-refractivity contribution in [3.63, 3.8) is 0 Å². The van der Waals surface area contributed by atoms with Gasteiger partial charge in [0.25, 0.3) is 0 Å². The van der Waals surface area contributed by atoms with Gasteiger partial charge in [-0.1, -0.05) is 5.92 Å². The number of benzene rings is 1. The number of carbonyl (C=O) groups is 1. The van der Waals surface area contributed by atoms with E-state index in [4.69, 9.17) is 9.47 Å². The Hall–Kier alpha value is -2.91. The van der Waals surface area contributed by atoms with Crippen LogP contribution in [0.5, 0.6) is 5.75 Å². The molecule has 0 saturated heterocycles. The van der Waals surface area contributed by atoms with Crippen LogP contribution in [0.4, 0.5) is 0 Å². The van der Waals surface area contributed by atoms with Crippen molar-refractivity contribution in [1.82, 2.24) is 9.97 Å². The third-order valence-corrected chi connectivity index (χ3v) is 4.17. The summed E-state index contributed by atoms with van der Waals surface area (Å²) in [6, 6.07) is 9.02. The van der Waals surface area contributed by atoms with Crippen molar-refractivity contribution < 1.29 is 14.3 Å². The number of rotatable bonds is 5. The van der Waals surface area contributed by atoms with Gasteiger partial charge in [0.2, 0.25) is 6.10 Å². The van der Waals surface area contributed by atoms with Gasteiger partial charge in [0.05, 0.1) is 28.0 Å². The number of ether oxygens (including phenoxy) is 2. The lowest BCUT2D eigenvalue weighted by atomic mass is 10.1. The summed E-state index contributed by atoms with van der Waals surface area (Å²) in [6.07, 6.45) is 0.653. The Labute approximate surface area is 149 Å². The van der Waals surface area contributed by atoms with E-state index in [0.717, 1.165) is 15.8 Å². The van der Waals surface area contributed by atoms with Gasteiger partial charge in [0, 0.05) is 11.8 Å². The fourth-order valence-electron chi connectivity index (χ4n) is 2.31. The molecular formula is C19H16N2O3S. The molecule has 2 heterocycles.